The first-order chi connectivity index (χ1) is 9.34. The van der Waals surface area contributed by atoms with Crippen LogP contribution in [0.25, 0.3) is 0 Å². The van der Waals surface area contributed by atoms with E-state index in [0.717, 1.165) is 12.0 Å². The van der Waals surface area contributed by atoms with Gasteiger partial charge in [0.15, 0.2) is 0 Å². The van der Waals surface area contributed by atoms with Crippen LogP contribution in [0.3, 0.4) is 0 Å². The van der Waals surface area contributed by atoms with Gasteiger partial charge in [-0.2, -0.15) is 0 Å². The molecule has 0 aliphatic heterocycles. The lowest BCUT2D eigenvalue weighted by molar-refractivity contribution is 0.471. The number of rotatable bonds is 11. The van der Waals surface area contributed by atoms with Gasteiger partial charge >= 0.3 is 0 Å². The highest BCUT2D eigenvalue weighted by Crippen LogP contribution is 2.20. The van der Waals surface area contributed by atoms with Crippen molar-refractivity contribution in [1.82, 2.24) is 0 Å². The Bertz CT molecular complexity index is 319. The van der Waals surface area contributed by atoms with E-state index in [1.54, 1.807) is 6.07 Å². The first kappa shape index (κ1) is 16.1. The van der Waals surface area contributed by atoms with Crippen LogP contribution in [0.1, 0.15) is 76.7 Å². The molecule has 0 atom stereocenters. The molecular formula is C18H29O. The summed E-state index contributed by atoms with van der Waals surface area (Å²) >= 11 is 0. The average Bonchev–Trinajstić information content (AvgIpc) is 2.43. The number of hydrogen-bond acceptors (Lipinski definition) is 1. The highest BCUT2D eigenvalue weighted by atomic mass is 16.3. The Hall–Kier alpha value is -0.980. The molecule has 107 valence electrons. The highest BCUT2D eigenvalue weighted by Gasteiger charge is 1.99. The van der Waals surface area contributed by atoms with Crippen molar-refractivity contribution in [1.29, 1.82) is 0 Å². The van der Waals surface area contributed by atoms with E-state index in [4.69, 9.17) is 0 Å². The van der Waals surface area contributed by atoms with Gasteiger partial charge in [-0.05, 0) is 24.5 Å². The summed E-state index contributed by atoms with van der Waals surface area (Å²) in [5.41, 5.74) is 0.974. The summed E-state index contributed by atoms with van der Waals surface area (Å²) < 4.78 is 0. The Morgan fingerprint density at radius 2 is 1.42 bits per heavy atom. The van der Waals surface area contributed by atoms with Crippen LogP contribution in [0, 0.1) is 6.42 Å². The second kappa shape index (κ2) is 10.9. The molecule has 1 N–H and O–H groups in total. The smallest absolute Gasteiger partial charge is 0.119 e. The number of phenolic OH excluding ortho intramolecular Hbond substituents is 1. The Balaban J connectivity index is 1.90. The minimum atomic E-state index is 0.401. The summed E-state index contributed by atoms with van der Waals surface area (Å²) in [5.74, 6) is 0.401. The average molecular weight is 261 g/mol. The molecule has 1 aromatic rings. The lowest BCUT2D eigenvalue weighted by Crippen LogP contribution is -1.85. The zero-order valence-electron chi connectivity index (χ0n) is 12.4. The molecule has 0 heterocycles. The normalized spacial score (nSPS) is 10.8. The van der Waals surface area contributed by atoms with Crippen LogP contribution in [-0.4, -0.2) is 5.11 Å². The van der Waals surface area contributed by atoms with Crippen molar-refractivity contribution in [3.8, 4) is 5.75 Å². The van der Waals surface area contributed by atoms with E-state index in [1.807, 2.05) is 18.2 Å². The van der Waals surface area contributed by atoms with Crippen molar-refractivity contribution in [2.75, 3.05) is 0 Å². The van der Waals surface area contributed by atoms with Gasteiger partial charge in [0, 0.05) is 0 Å². The van der Waals surface area contributed by atoms with Crippen LogP contribution in [-0.2, 0) is 0 Å². The van der Waals surface area contributed by atoms with Crippen molar-refractivity contribution in [3.63, 3.8) is 0 Å². The van der Waals surface area contributed by atoms with Gasteiger partial charge < -0.3 is 5.11 Å². The fourth-order valence-corrected chi connectivity index (χ4v) is 2.37. The third-order valence-corrected chi connectivity index (χ3v) is 3.61. The molecule has 19 heavy (non-hydrogen) atoms. The molecule has 0 aliphatic rings. The van der Waals surface area contributed by atoms with Gasteiger partial charge in [0.1, 0.15) is 5.75 Å². The van der Waals surface area contributed by atoms with Crippen LogP contribution < -0.4 is 0 Å². The molecule has 1 rings (SSSR count). The predicted octanol–water partition coefficient (Wildman–Crippen LogP) is 5.87. The maximum Gasteiger partial charge on any atom is 0.119 e. The largest absolute Gasteiger partial charge is 0.508 e. The standard InChI is InChI=1S/C18H29O/c1-2-3-4-5-6-7-8-9-10-11-14-17-15-12-13-16-18(17)19/h12-16,19H,2-11H2,1H3. The fourth-order valence-electron chi connectivity index (χ4n) is 2.37. The zero-order chi connectivity index (χ0) is 13.8. The third-order valence-electron chi connectivity index (χ3n) is 3.61. The van der Waals surface area contributed by atoms with Crippen LogP contribution in [0.4, 0.5) is 0 Å². The molecule has 0 aliphatic carbocycles. The monoisotopic (exact) mass is 261 g/mol. The second-order valence-corrected chi connectivity index (χ2v) is 5.38. The van der Waals surface area contributed by atoms with Crippen LogP contribution in [0.15, 0.2) is 24.3 Å². The number of phenols is 1. The third kappa shape index (κ3) is 7.92. The summed E-state index contributed by atoms with van der Waals surface area (Å²) in [4.78, 5) is 0. The first-order valence-corrected chi connectivity index (χ1v) is 7.95. The number of benzene rings is 1. The predicted molar refractivity (Wildman–Crippen MR) is 83.4 cm³/mol. The molecule has 0 fully saturated rings. The molecule has 0 saturated carbocycles. The SMILES string of the molecule is CCCCCCCCCCC[CH]c1ccccc1O. The van der Waals surface area contributed by atoms with Gasteiger partial charge in [0.05, 0.1) is 0 Å². The van der Waals surface area contributed by atoms with Crippen LogP contribution in [0.5, 0.6) is 5.75 Å². The van der Waals surface area contributed by atoms with E-state index in [-0.39, 0.29) is 0 Å². The molecule has 1 nitrogen and oxygen atoms in total. The number of aromatic hydroxyl groups is 1. The zero-order valence-corrected chi connectivity index (χ0v) is 12.4. The van der Waals surface area contributed by atoms with Gasteiger partial charge in [0.2, 0.25) is 0 Å². The van der Waals surface area contributed by atoms with E-state index < -0.39 is 0 Å². The molecular weight excluding hydrogens is 232 g/mol. The maximum atomic E-state index is 9.62. The van der Waals surface area contributed by atoms with E-state index in [9.17, 15) is 5.11 Å². The molecule has 0 aromatic heterocycles. The van der Waals surface area contributed by atoms with Crippen molar-refractivity contribution in [2.24, 2.45) is 0 Å². The molecule has 0 unspecified atom stereocenters. The topological polar surface area (TPSA) is 20.2 Å². The van der Waals surface area contributed by atoms with Gasteiger partial charge in [-0.3, -0.25) is 0 Å². The van der Waals surface area contributed by atoms with E-state index >= 15 is 0 Å². The molecule has 0 spiro atoms. The summed E-state index contributed by atoms with van der Waals surface area (Å²) in [7, 11) is 0. The Labute approximate surface area is 119 Å². The highest BCUT2D eigenvalue weighted by molar-refractivity contribution is 5.36. The number of unbranched alkanes of at least 4 members (excludes halogenated alkanes) is 9. The minimum Gasteiger partial charge on any atom is -0.508 e. The molecule has 1 aromatic carbocycles. The quantitative estimate of drug-likeness (QED) is 0.494. The van der Waals surface area contributed by atoms with E-state index in [1.165, 1.54) is 57.8 Å². The Morgan fingerprint density at radius 3 is 2.05 bits per heavy atom. The van der Waals surface area contributed by atoms with Gasteiger partial charge in [-0.25, -0.2) is 0 Å². The summed E-state index contributed by atoms with van der Waals surface area (Å²) in [5, 5.41) is 9.62. The molecule has 0 saturated heterocycles. The van der Waals surface area contributed by atoms with Crippen molar-refractivity contribution in [2.45, 2.75) is 71.1 Å². The molecule has 1 radical (unpaired) electrons. The molecule has 0 amide bonds. The van der Waals surface area contributed by atoms with Crippen LogP contribution >= 0.6 is 0 Å². The Kier molecular flexibility index (Phi) is 9.22. The van der Waals surface area contributed by atoms with Crippen molar-refractivity contribution in [3.05, 3.63) is 36.2 Å². The second-order valence-electron chi connectivity index (χ2n) is 5.38. The van der Waals surface area contributed by atoms with Gasteiger partial charge in [-0.15, -0.1) is 0 Å². The van der Waals surface area contributed by atoms with Gasteiger partial charge in [-0.1, -0.05) is 82.9 Å². The maximum absolute atomic E-state index is 9.62. The number of hydrogen-bond donors (Lipinski definition) is 1. The lowest BCUT2D eigenvalue weighted by atomic mass is 10.0. The van der Waals surface area contributed by atoms with Crippen LogP contribution in [0.2, 0.25) is 0 Å². The van der Waals surface area contributed by atoms with Gasteiger partial charge in [0.25, 0.3) is 0 Å². The summed E-state index contributed by atoms with van der Waals surface area (Å²) in [6.45, 7) is 2.26. The number of para-hydroxylation sites is 1. The van der Waals surface area contributed by atoms with Crippen molar-refractivity contribution >= 4 is 0 Å². The lowest BCUT2D eigenvalue weighted by Gasteiger charge is -2.04. The minimum absolute atomic E-state index is 0.401. The first-order valence-electron chi connectivity index (χ1n) is 7.95. The summed E-state index contributed by atoms with van der Waals surface area (Å²) in [6.07, 6.45) is 15.5. The fraction of sp³-hybridized carbons (Fsp3) is 0.611. The Morgan fingerprint density at radius 1 is 0.842 bits per heavy atom. The molecule has 1 heteroatoms. The van der Waals surface area contributed by atoms with E-state index in [2.05, 4.69) is 13.3 Å². The van der Waals surface area contributed by atoms with Crippen molar-refractivity contribution < 1.29 is 5.11 Å². The van der Waals surface area contributed by atoms with E-state index in [0.29, 0.717) is 5.75 Å². The molecule has 0 bridgehead atoms. The summed E-state index contributed by atoms with van der Waals surface area (Å²) in [6, 6.07) is 7.57.